The molecule has 0 aliphatic heterocycles. The molecule has 4 heteroatoms. The average Bonchev–Trinajstić information content (AvgIpc) is 2.32. The molecule has 1 aromatic heterocycles. The van der Waals surface area contributed by atoms with Crippen LogP contribution in [-0.2, 0) is 0 Å². The lowest BCUT2D eigenvalue weighted by Crippen LogP contribution is -2.04. The van der Waals surface area contributed by atoms with Crippen molar-refractivity contribution in [3.63, 3.8) is 0 Å². The monoisotopic (exact) mass is 242 g/mol. The van der Waals surface area contributed by atoms with E-state index in [-0.39, 0.29) is 0 Å². The lowest BCUT2D eigenvalue weighted by atomic mass is 10.2. The molecule has 0 bridgehead atoms. The first-order valence-corrected chi connectivity index (χ1v) is 6.10. The Kier molecular flexibility index (Phi) is 3.77. The van der Waals surface area contributed by atoms with Crippen LogP contribution in [0.2, 0.25) is 0 Å². The van der Waals surface area contributed by atoms with Crippen LogP contribution >= 0.6 is 0 Å². The number of nitrogens with zero attached hydrogens (tertiary/aromatic N) is 2. The van der Waals surface area contributed by atoms with E-state index in [1.807, 2.05) is 32.0 Å². The number of aryl methyl sites for hydroxylation is 2. The minimum absolute atomic E-state index is 0.753. The summed E-state index contributed by atoms with van der Waals surface area (Å²) in [5.74, 6) is 2.41. The SMILES string of the molecule is CCNc1cc(Nc2ccc(C)cc2)nc(C)n1. The van der Waals surface area contributed by atoms with E-state index in [0.29, 0.717) is 0 Å². The zero-order valence-electron chi connectivity index (χ0n) is 11.0. The van der Waals surface area contributed by atoms with Gasteiger partial charge in [-0.05, 0) is 32.9 Å². The quantitative estimate of drug-likeness (QED) is 0.864. The highest BCUT2D eigenvalue weighted by atomic mass is 15.1. The average molecular weight is 242 g/mol. The van der Waals surface area contributed by atoms with Gasteiger partial charge in [-0.3, -0.25) is 0 Å². The standard InChI is InChI=1S/C14H18N4/c1-4-15-13-9-14(17-11(3)16-13)18-12-7-5-10(2)6-8-12/h5-9H,4H2,1-3H3,(H2,15,16,17,18). The van der Waals surface area contributed by atoms with Crippen LogP contribution in [0.3, 0.4) is 0 Å². The molecular formula is C14H18N4. The molecule has 0 radical (unpaired) electrons. The first-order valence-electron chi connectivity index (χ1n) is 6.10. The molecule has 0 spiro atoms. The Hall–Kier alpha value is -2.10. The van der Waals surface area contributed by atoms with Crippen LogP contribution < -0.4 is 10.6 Å². The predicted octanol–water partition coefficient (Wildman–Crippen LogP) is 3.27. The smallest absolute Gasteiger partial charge is 0.136 e. The topological polar surface area (TPSA) is 49.8 Å². The molecule has 94 valence electrons. The van der Waals surface area contributed by atoms with Gasteiger partial charge in [-0.25, -0.2) is 9.97 Å². The van der Waals surface area contributed by atoms with Crippen LogP contribution in [-0.4, -0.2) is 16.5 Å². The summed E-state index contributed by atoms with van der Waals surface area (Å²) in [7, 11) is 0. The van der Waals surface area contributed by atoms with Crippen molar-refractivity contribution >= 4 is 17.3 Å². The second-order valence-corrected chi connectivity index (χ2v) is 4.21. The molecule has 0 fully saturated rings. The van der Waals surface area contributed by atoms with E-state index in [1.54, 1.807) is 0 Å². The molecule has 0 atom stereocenters. The molecule has 0 saturated carbocycles. The Balaban J connectivity index is 2.20. The van der Waals surface area contributed by atoms with Crippen molar-refractivity contribution in [2.75, 3.05) is 17.2 Å². The molecule has 0 aliphatic carbocycles. The maximum Gasteiger partial charge on any atom is 0.136 e. The van der Waals surface area contributed by atoms with Crippen LogP contribution in [0.25, 0.3) is 0 Å². The summed E-state index contributed by atoms with van der Waals surface area (Å²) in [6.07, 6.45) is 0. The van der Waals surface area contributed by atoms with Crippen LogP contribution in [0, 0.1) is 13.8 Å². The number of nitrogens with one attached hydrogen (secondary N) is 2. The highest BCUT2D eigenvalue weighted by Gasteiger charge is 2.01. The second-order valence-electron chi connectivity index (χ2n) is 4.21. The Bertz CT molecular complexity index is 520. The van der Waals surface area contributed by atoms with Gasteiger partial charge in [0.05, 0.1) is 0 Å². The van der Waals surface area contributed by atoms with Crippen LogP contribution in [0.4, 0.5) is 17.3 Å². The molecule has 0 aliphatic rings. The predicted molar refractivity (Wildman–Crippen MR) is 75.4 cm³/mol. The Labute approximate surface area is 107 Å². The maximum atomic E-state index is 4.37. The van der Waals surface area contributed by atoms with Crippen molar-refractivity contribution in [1.82, 2.24) is 9.97 Å². The first kappa shape index (κ1) is 12.4. The normalized spacial score (nSPS) is 10.2. The van der Waals surface area contributed by atoms with Gasteiger partial charge in [-0.15, -0.1) is 0 Å². The van der Waals surface area contributed by atoms with E-state index in [1.165, 1.54) is 5.56 Å². The molecule has 1 aromatic carbocycles. The first-order chi connectivity index (χ1) is 8.67. The van der Waals surface area contributed by atoms with Gasteiger partial charge >= 0.3 is 0 Å². The van der Waals surface area contributed by atoms with Crippen LogP contribution in [0.15, 0.2) is 30.3 Å². The third-order valence-corrected chi connectivity index (χ3v) is 2.52. The summed E-state index contributed by atoms with van der Waals surface area (Å²) >= 11 is 0. The summed E-state index contributed by atoms with van der Waals surface area (Å²) < 4.78 is 0. The molecule has 2 rings (SSSR count). The van der Waals surface area contributed by atoms with Gasteiger partial charge in [-0.1, -0.05) is 17.7 Å². The van der Waals surface area contributed by atoms with E-state index < -0.39 is 0 Å². The van der Waals surface area contributed by atoms with Gasteiger partial charge in [0, 0.05) is 18.3 Å². The Morgan fingerprint density at radius 3 is 2.33 bits per heavy atom. The summed E-state index contributed by atoms with van der Waals surface area (Å²) in [5.41, 5.74) is 2.27. The molecule has 4 nitrogen and oxygen atoms in total. The van der Waals surface area contributed by atoms with E-state index in [4.69, 9.17) is 0 Å². The van der Waals surface area contributed by atoms with Crippen molar-refractivity contribution in [1.29, 1.82) is 0 Å². The fourth-order valence-electron chi connectivity index (χ4n) is 1.69. The van der Waals surface area contributed by atoms with Crippen molar-refractivity contribution < 1.29 is 0 Å². The Morgan fingerprint density at radius 1 is 1.00 bits per heavy atom. The van der Waals surface area contributed by atoms with Crippen molar-refractivity contribution in [3.8, 4) is 0 Å². The van der Waals surface area contributed by atoms with Gasteiger partial charge in [-0.2, -0.15) is 0 Å². The van der Waals surface area contributed by atoms with E-state index in [0.717, 1.165) is 29.7 Å². The van der Waals surface area contributed by atoms with Crippen molar-refractivity contribution in [2.45, 2.75) is 20.8 Å². The van der Waals surface area contributed by atoms with Crippen molar-refractivity contribution in [3.05, 3.63) is 41.7 Å². The molecule has 2 N–H and O–H groups in total. The Morgan fingerprint density at radius 2 is 1.67 bits per heavy atom. The fraction of sp³-hybridized carbons (Fsp3) is 0.286. The fourth-order valence-corrected chi connectivity index (χ4v) is 1.69. The number of hydrogen-bond donors (Lipinski definition) is 2. The van der Waals surface area contributed by atoms with Crippen LogP contribution in [0.1, 0.15) is 18.3 Å². The summed E-state index contributed by atoms with van der Waals surface area (Å²) in [6, 6.07) is 10.1. The summed E-state index contributed by atoms with van der Waals surface area (Å²) in [5, 5.41) is 6.47. The molecule has 0 amide bonds. The number of aromatic nitrogens is 2. The third-order valence-electron chi connectivity index (χ3n) is 2.52. The molecular weight excluding hydrogens is 224 g/mol. The minimum Gasteiger partial charge on any atom is -0.370 e. The minimum atomic E-state index is 0.753. The molecule has 0 saturated heterocycles. The third kappa shape index (κ3) is 3.20. The highest BCUT2D eigenvalue weighted by molar-refractivity contribution is 5.59. The number of rotatable bonds is 4. The molecule has 0 unspecified atom stereocenters. The van der Waals surface area contributed by atoms with Crippen LogP contribution in [0.5, 0.6) is 0 Å². The molecule has 2 aromatic rings. The molecule has 18 heavy (non-hydrogen) atoms. The van der Waals surface area contributed by atoms with Crippen molar-refractivity contribution in [2.24, 2.45) is 0 Å². The zero-order chi connectivity index (χ0) is 13.0. The van der Waals surface area contributed by atoms with Gasteiger partial charge in [0.15, 0.2) is 0 Å². The lowest BCUT2D eigenvalue weighted by Gasteiger charge is -2.09. The van der Waals surface area contributed by atoms with E-state index >= 15 is 0 Å². The summed E-state index contributed by atoms with van der Waals surface area (Å²) in [6.45, 7) is 6.86. The highest BCUT2D eigenvalue weighted by Crippen LogP contribution is 2.17. The largest absolute Gasteiger partial charge is 0.370 e. The second kappa shape index (κ2) is 5.49. The number of anilines is 3. The van der Waals surface area contributed by atoms with Gasteiger partial charge < -0.3 is 10.6 Å². The van der Waals surface area contributed by atoms with Gasteiger partial charge in [0.25, 0.3) is 0 Å². The maximum absolute atomic E-state index is 4.37. The number of benzene rings is 1. The number of hydrogen-bond acceptors (Lipinski definition) is 4. The lowest BCUT2D eigenvalue weighted by molar-refractivity contribution is 1.04. The van der Waals surface area contributed by atoms with E-state index in [9.17, 15) is 0 Å². The van der Waals surface area contributed by atoms with Gasteiger partial charge in [0.1, 0.15) is 17.5 Å². The summed E-state index contributed by atoms with van der Waals surface area (Å²) in [4.78, 5) is 8.69. The molecule has 1 heterocycles. The van der Waals surface area contributed by atoms with E-state index in [2.05, 4.69) is 39.7 Å². The zero-order valence-corrected chi connectivity index (χ0v) is 11.0. The van der Waals surface area contributed by atoms with Gasteiger partial charge in [0.2, 0.25) is 0 Å².